The van der Waals surface area contributed by atoms with E-state index in [-0.39, 0.29) is 5.71 Å². The number of hydrogen-bond acceptors (Lipinski definition) is 6. The quantitative estimate of drug-likeness (QED) is 0.294. The molecule has 1 aliphatic rings. The van der Waals surface area contributed by atoms with Gasteiger partial charge in [-0.1, -0.05) is 35.0 Å². The highest BCUT2D eigenvalue weighted by Crippen LogP contribution is 2.29. The third-order valence-corrected chi connectivity index (χ3v) is 4.69. The maximum Gasteiger partial charge on any atom is 0.360 e. The zero-order valence-corrected chi connectivity index (χ0v) is 17.9. The summed E-state index contributed by atoms with van der Waals surface area (Å²) >= 11 is 6.44. The molecule has 0 saturated carbocycles. The van der Waals surface area contributed by atoms with Gasteiger partial charge in [0.2, 0.25) is 0 Å². The molecular weight excluding hydrogens is 406 g/mol. The van der Waals surface area contributed by atoms with Crippen molar-refractivity contribution in [2.75, 3.05) is 14.2 Å². The summed E-state index contributed by atoms with van der Waals surface area (Å²) in [4.78, 5) is 16.9. The van der Waals surface area contributed by atoms with Gasteiger partial charge in [0.15, 0.2) is 5.71 Å². The Kier molecular flexibility index (Phi) is 6.74. The van der Waals surface area contributed by atoms with Crippen molar-refractivity contribution < 1.29 is 19.1 Å². The molecule has 0 bridgehead atoms. The maximum absolute atomic E-state index is 12.1. The Hall–Kier alpha value is -3.32. The van der Waals surface area contributed by atoms with Crippen LogP contribution in [0.1, 0.15) is 17.8 Å². The molecule has 0 radical (unpaired) electrons. The second kappa shape index (κ2) is 9.45. The third-order valence-electron chi connectivity index (χ3n) is 4.40. The van der Waals surface area contributed by atoms with E-state index in [1.165, 1.54) is 14.2 Å². The van der Waals surface area contributed by atoms with Gasteiger partial charge in [0, 0.05) is 16.8 Å². The molecule has 1 aromatic carbocycles. The topological polar surface area (TPSA) is 74.9 Å². The summed E-state index contributed by atoms with van der Waals surface area (Å²) in [6.45, 7) is 3.92. The van der Waals surface area contributed by atoms with Crippen LogP contribution in [0.4, 0.5) is 0 Å². The van der Waals surface area contributed by atoms with E-state index in [0.717, 1.165) is 22.6 Å². The van der Waals surface area contributed by atoms with Crippen molar-refractivity contribution in [3.05, 3.63) is 76.3 Å². The Bertz CT molecular complexity index is 1080. The fourth-order valence-electron chi connectivity index (χ4n) is 3.05. The van der Waals surface area contributed by atoms with Crippen LogP contribution in [0.3, 0.4) is 0 Å². The first kappa shape index (κ1) is 21.4. The van der Waals surface area contributed by atoms with Gasteiger partial charge in [-0.15, -0.1) is 0 Å². The summed E-state index contributed by atoms with van der Waals surface area (Å²) in [7, 11) is 2.66. The zero-order chi connectivity index (χ0) is 21.7. The highest BCUT2D eigenvalue weighted by molar-refractivity contribution is 6.44. The van der Waals surface area contributed by atoms with Crippen LogP contribution < -0.4 is 4.74 Å². The van der Waals surface area contributed by atoms with Crippen molar-refractivity contribution >= 4 is 23.3 Å². The average molecular weight is 428 g/mol. The van der Waals surface area contributed by atoms with Gasteiger partial charge in [-0.25, -0.2) is 9.48 Å². The number of carbonyl (C=O) groups excluding carboxylic acids is 1. The van der Waals surface area contributed by atoms with E-state index in [1.54, 1.807) is 24.5 Å². The lowest BCUT2D eigenvalue weighted by Crippen LogP contribution is -2.20. The number of hydrogen-bond donors (Lipinski definition) is 0. The number of halogens is 1. The summed E-state index contributed by atoms with van der Waals surface area (Å²) in [6.07, 6.45) is 7.62. The van der Waals surface area contributed by atoms with Gasteiger partial charge < -0.3 is 14.3 Å². The number of methoxy groups -OCH3 is 1. The number of aryl methyl sites for hydroxylation is 2. The minimum Gasteiger partial charge on any atom is -0.464 e. The molecule has 1 aromatic heterocycles. The summed E-state index contributed by atoms with van der Waals surface area (Å²) in [5.41, 5.74) is 4.13. The number of carbonyl (C=O) groups is 1. The van der Waals surface area contributed by atoms with Crippen LogP contribution in [0.25, 0.3) is 5.69 Å². The fourth-order valence-corrected chi connectivity index (χ4v) is 3.26. The predicted octanol–water partition coefficient (Wildman–Crippen LogP) is 4.47. The normalized spacial score (nSPS) is 15.2. The van der Waals surface area contributed by atoms with Crippen LogP contribution in [0.5, 0.6) is 5.75 Å². The molecule has 0 atom stereocenters. The smallest absolute Gasteiger partial charge is 0.360 e. The molecule has 0 amide bonds. The van der Waals surface area contributed by atoms with Gasteiger partial charge in [0.25, 0.3) is 0 Å². The molecular formula is C22H22ClN3O4. The van der Waals surface area contributed by atoms with Crippen molar-refractivity contribution in [2.45, 2.75) is 20.3 Å². The lowest BCUT2D eigenvalue weighted by Gasteiger charge is -2.15. The van der Waals surface area contributed by atoms with Crippen molar-refractivity contribution in [2.24, 2.45) is 5.16 Å². The summed E-state index contributed by atoms with van der Waals surface area (Å²) in [6, 6.07) is 7.44. The van der Waals surface area contributed by atoms with Gasteiger partial charge >= 0.3 is 5.97 Å². The molecule has 156 valence electrons. The van der Waals surface area contributed by atoms with Crippen LogP contribution >= 0.6 is 11.6 Å². The molecule has 8 heteroatoms. The van der Waals surface area contributed by atoms with Gasteiger partial charge in [0.05, 0.1) is 29.8 Å². The van der Waals surface area contributed by atoms with E-state index in [1.807, 2.05) is 42.8 Å². The van der Waals surface area contributed by atoms with E-state index < -0.39 is 5.97 Å². The molecule has 7 nitrogen and oxygen atoms in total. The summed E-state index contributed by atoms with van der Waals surface area (Å²) in [5, 5.41) is 8.71. The first-order chi connectivity index (χ1) is 14.4. The molecule has 0 aliphatic heterocycles. The number of rotatable bonds is 6. The molecule has 0 fully saturated rings. The van der Waals surface area contributed by atoms with E-state index in [4.69, 9.17) is 25.9 Å². The van der Waals surface area contributed by atoms with Crippen LogP contribution in [0.2, 0.25) is 5.02 Å². The van der Waals surface area contributed by atoms with Crippen molar-refractivity contribution in [3.8, 4) is 11.4 Å². The van der Waals surface area contributed by atoms with E-state index in [2.05, 4.69) is 10.3 Å². The monoisotopic (exact) mass is 427 g/mol. The highest BCUT2D eigenvalue weighted by Gasteiger charge is 2.23. The van der Waals surface area contributed by atoms with Crippen molar-refractivity contribution in [1.29, 1.82) is 0 Å². The SMILES string of the molecule is CON=C(C(=O)OC)C1=CC=CCC1=COc1ccc(-n2nc(C)cc2C)cc1Cl. The van der Waals surface area contributed by atoms with Crippen molar-refractivity contribution in [3.63, 3.8) is 0 Å². The Balaban J connectivity index is 1.86. The molecule has 0 unspecified atom stereocenters. The number of esters is 1. The minimum atomic E-state index is -0.600. The Morgan fingerprint density at radius 2 is 2.07 bits per heavy atom. The molecule has 1 heterocycles. The number of ether oxygens (including phenoxy) is 2. The first-order valence-electron chi connectivity index (χ1n) is 9.20. The largest absolute Gasteiger partial charge is 0.464 e. The van der Waals surface area contributed by atoms with Gasteiger partial charge in [-0.05, 0) is 44.5 Å². The lowest BCUT2D eigenvalue weighted by atomic mass is 9.95. The average Bonchev–Trinajstić information content (AvgIpc) is 3.08. The first-order valence-corrected chi connectivity index (χ1v) is 9.58. The molecule has 0 saturated heterocycles. The number of aromatic nitrogens is 2. The fraction of sp³-hybridized carbons (Fsp3) is 0.227. The van der Waals surface area contributed by atoms with Crippen LogP contribution in [-0.4, -0.2) is 35.7 Å². The second-order valence-electron chi connectivity index (χ2n) is 6.54. The van der Waals surface area contributed by atoms with E-state index in [0.29, 0.717) is 22.8 Å². The third kappa shape index (κ3) is 4.63. The molecule has 30 heavy (non-hydrogen) atoms. The lowest BCUT2D eigenvalue weighted by molar-refractivity contribution is -0.132. The number of benzene rings is 1. The van der Waals surface area contributed by atoms with Gasteiger partial charge in [-0.2, -0.15) is 5.10 Å². The number of oxime groups is 1. The molecule has 3 rings (SSSR count). The minimum absolute atomic E-state index is 0.0603. The number of allylic oxidation sites excluding steroid dienone is 4. The van der Waals surface area contributed by atoms with E-state index in [9.17, 15) is 4.79 Å². The molecule has 0 N–H and O–H groups in total. The molecule has 1 aliphatic carbocycles. The second-order valence-corrected chi connectivity index (χ2v) is 6.95. The Labute approximate surface area is 179 Å². The molecule has 2 aromatic rings. The predicted molar refractivity (Wildman–Crippen MR) is 115 cm³/mol. The van der Waals surface area contributed by atoms with Crippen molar-refractivity contribution in [1.82, 2.24) is 9.78 Å². The van der Waals surface area contributed by atoms with Gasteiger partial charge in [-0.3, -0.25) is 0 Å². The maximum atomic E-state index is 12.1. The van der Waals surface area contributed by atoms with Gasteiger partial charge in [0.1, 0.15) is 12.9 Å². The van der Waals surface area contributed by atoms with Crippen LogP contribution in [0, 0.1) is 13.8 Å². The van der Waals surface area contributed by atoms with Crippen LogP contribution in [-0.2, 0) is 14.4 Å². The highest BCUT2D eigenvalue weighted by atomic mass is 35.5. The van der Waals surface area contributed by atoms with Crippen LogP contribution in [0.15, 0.2) is 65.1 Å². The van der Waals surface area contributed by atoms with E-state index >= 15 is 0 Å². The Morgan fingerprint density at radius 3 is 2.70 bits per heavy atom. The zero-order valence-electron chi connectivity index (χ0n) is 17.2. The molecule has 0 spiro atoms. The standard InChI is InChI=1S/C22H22ClN3O4/c1-14-11-15(2)26(24-14)17-9-10-20(19(23)12-17)30-13-16-7-5-6-8-18(16)21(25-29-4)22(27)28-3/h5-6,8-13H,7H2,1-4H3. The summed E-state index contributed by atoms with van der Waals surface area (Å²) < 4.78 is 12.5. The summed E-state index contributed by atoms with van der Waals surface area (Å²) in [5.74, 6) is -0.122. The number of nitrogens with zero attached hydrogens (tertiary/aromatic N) is 3. The Morgan fingerprint density at radius 1 is 1.27 bits per heavy atom.